The molecule has 2 aromatic carbocycles. The third-order valence-corrected chi connectivity index (χ3v) is 4.87. The van der Waals surface area contributed by atoms with Gasteiger partial charge in [0.15, 0.2) is 11.8 Å². The summed E-state index contributed by atoms with van der Waals surface area (Å²) in [5, 5.41) is 5.71. The number of nitrogens with zero attached hydrogens (tertiary/aromatic N) is 2. The van der Waals surface area contributed by atoms with E-state index in [1.165, 1.54) is 11.6 Å². The van der Waals surface area contributed by atoms with Crippen molar-refractivity contribution >= 4 is 33.4 Å². The lowest BCUT2D eigenvalue weighted by Crippen LogP contribution is -2.29. The molecular formula is C22H19N3O4. The number of aromatic amines is 1. The summed E-state index contributed by atoms with van der Waals surface area (Å²) in [6.45, 7) is 3.61. The van der Waals surface area contributed by atoms with Crippen LogP contribution in [-0.2, 0) is 11.3 Å². The molecule has 0 saturated heterocycles. The molecule has 1 atom stereocenters. The molecule has 7 nitrogen and oxygen atoms in total. The topological polar surface area (TPSA) is 94.1 Å². The van der Waals surface area contributed by atoms with Crippen LogP contribution in [0, 0.1) is 0 Å². The van der Waals surface area contributed by atoms with Crippen molar-refractivity contribution < 1.29 is 14.3 Å². The summed E-state index contributed by atoms with van der Waals surface area (Å²) in [6, 6.07) is 14.1. The van der Waals surface area contributed by atoms with E-state index in [2.05, 4.69) is 10.1 Å². The van der Waals surface area contributed by atoms with E-state index in [9.17, 15) is 14.4 Å². The van der Waals surface area contributed by atoms with Crippen LogP contribution in [0.25, 0.3) is 21.7 Å². The Morgan fingerprint density at radius 2 is 1.72 bits per heavy atom. The Labute approximate surface area is 165 Å². The number of ether oxygens (including phenoxy) is 1. The molecule has 0 aliphatic carbocycles. The van der Waals surface area contributed by atoms with Crippen molar-refractivity contribution in [1.29, 1.82) is 0 Å². The third kappa shape index (κ3) is 3.20. The Kier molecular flexibility index (Phi) is 4.72. The number of esters is 1. The summed E-state index contributed by atoms with van der Waals surface area (Å²) < 4.78 is 6.65. The van der Waals surface area contributed by atoms with Gasteiger partial charge in [0.2, 0.25) is 5.78 Å². The van der Waals surface area contributed by atoms with E-state index in [4.69, 9.17) is 4.74 Å². The average Bonchev–Trinajstić information content (AvgIpc) is 3.17. The summed E-state index contributed by atoms with van der Waals surface area (Å²) in [4.78, 5) is 41.2. The number of aromatic nitrogens is 3. The predicted molar refractivity (Wildman–Crippen MR) is 109 cm³/mol. The van der Waals surface area contributed by atoms with Crippen LogP contribution in [-0.4, -0.2) is 32.6 Å². The van der Waals surface area contributed by atoms with Gasteiger partial charge in [0, 0.05) is 34.6 Å². The van der Waals surface area contributed by atoms with Gasteiger partial charge in [0.05, 0.1) is 5.39 Å². The zero-order valence-electron chi connectivity index (χ0n) is 16.0. The van der Waals surface area contributed by atoms with Crippen LogP contribution in [0.5, 0.6) is 0 Å². The highest BCUT2D eigenvalue weighted by molar-refractivity contribution is 6.11. The fraction of sp³-hybridized carbons (Fsp3) is 0.182. The maximum atomic E-state index is 12.9. The number of carbonyl (C=O) groups is 2. The number of nitrogens with one attached hydrogen (secondary N) is 1. The molecule has 0 fully saturated rings. The van der Waals surface area contributed by atoms with Crippen LogP contribution in [0.1, 0.15) is 34.7 Å². The Morgan fingerprint density at radius 1 is 1.07 bits per heavy atom. The van der Waals surface area contributed by atoms with Gasteiger partial charge in [0.1, 0.15) is 0 Å². The molecule has 0 amide bonds. The van der Waals surface area contributed by atoms with Crippen molar-refractivity contribution in [2.45, 2.75) is 26.5 Å². The first kappa shape index (κ1) is 18.6. The molecule has 4 rings (SSSR count). The van der Waals surface area contributed by atoms with Crippen molar-refractivity contribution in [3.63, 3.8) is 0 Å². The smallest absolute Gasteiger partial charge is 0.360 e. The van der Waals surface area contributed by atoms with Gasteiger partial charge in [-0.25, -0.2) is 9.48 Å². The SMILES string of the molecule is CCn1nc(C(=O)OC(C)C(=O)c2c[nH]c3ccccc23)c2ccccc2c1=O. The number of benzene rings is 2. The van der Waals surface area contributed by atoms with Crippen molar-refractivity contribution in [2.75, 3.05) is 0 Å². The Balaban J connectivity index is 1.67. The van der Waals surface area contributed by atoms with Crippen LogP contribution in [0.4, 0.5) is 0 Å². The van der Waals surface area contributed by atoms with E-state index >= 15 is 0 Å². The number of para-hydroxylation sites is 1. The Morgan fingerprint density at radius 3 is 2.45 bits per heavy atom. The highest BCUT2D eigenvalue weighted by atomic mass is 16.5. The first-order valence-corrected chi connectivity index (χ1v) is 9.32. The van der Waals surface area contributed by atoms with Gasteiger partial charge >= 0.3 is 5.97 Å². The third-order valence-electron chi connectivity index (χ3n) is 4.87. The van der Waals surface area contributed by atoms with Gasteiger partial charge < -0.3 is 9.72 Å². The first-order valence-electron chi connectivity index (χ1n) is 9.32. The van der Waals surface area contributed by atoms with E-state index in [1.54, 1.807) is 37.4 Å². The lowest BCUT2D eigenvalue weighted by molar-refractivity contribution is 0.0313. The molecule has 4 aromatic rings. The number of Topliss-reactive ketones (excluding diaryl/α,β-unsaturated/α-hetero) is 1. The van der Waals surface area contributed by atoms with E-state index in [1.807, 2.05) is 24.3 Å². The highest BCUT2D eigenvalue weighted by Crippen LogP contribution is 2.21. The van der Waals surface area contributed by atoms with Gasteiger partial charge in [0.25, 0.3) is 5.56 Å². The number of hydrogen-bond donors (Lipinski definition) is 1. The first-order chi connectivity index (χ1) is 14.0. The van der Waals surface area contributed by atoms with Crippen molar-refractivity contribution in [3.05, 3.63) is 76.3 Å². The molecule has 1 unspecified atom stereocenters. The standard InChI is InChI=1S/C22H19N3O4/c1-3-25-21(27)16-10-5-4-9-15(16)19(24-25)22(28)29-13(2)20(26)17-12-23-18-11-7-6-8-14(17)18/h4-13,23H,3H2,1-2H3. The molecule has 0 radical (unpaired) electrons. The average molecular weight is 389 g/mol. The number of ketones is 1. The number of carbonyl (C=O) groups excluding carboxylic acids is 2. The van der Waals surface area contributed by atoms with Gasteiger partial charge in [-0.05, 0) is 26.0 Å². The number of H-pyrrole nitrogens is 1. The van der Waals surface area contributed by atoms with Crippen LogP contribution in [0.2, 0.25) is 0 Å². The van der Waals surface area contributed by atoms with Crippen molar-refractivity contribution in [1.82, 2.24) is 14.8 Å². The van der Waals surface area contributed by atoms with E-state index in [0.717, 1.165) is 10.9 Å². The fourth-order valence-corrected chi connectivity index (χ4v) is 3.36. The Hall–Kier alpha value is -3.74. The van der Waals surface area contributed by atoms with E-state index in [0.29, 0.717) is 22.9 Å². The number of aryl methyl sites for hydroxylation is 1. The minimum Gasteiger partial charge on any atom is -0.449 e. The second-order valence-electron chi connectivity index (χ2n) is 6.67. The summed E-state index contributed by atoms with van der Waals surface area (Å²) >= 11 is 0. The second-order valence-corrected chi connectivity index (χ2v) is 6.67. The van der Waals surface area contributed by atoms with Crippen LogP contribution >= 0.6 is 0 Å². The van der Waals surface area contributed by atoms with Crippen LogP contribution in [0.15, 0.2) is 59.5 Å². The maximum absolute atomic E-state index is 12.9. The molecule has 29 heavy (non-hydrogen) atoms. The zero-order chi connectivity index (χ0) is 20.5. The quantitative estimate of drug-likeness (QED) is 0.417. The summed E-state index contributed by atoms with van der Waals surface area (Å²) in [5.41, 5.74) is 1.03. The molecule has 2 heterocycles. The predicted octanol–water partition coefficient (Wildman–Crippen LogP) is 3.33. The maximum Gasteiger partial charge on any atom is 0.360 e. The highest BCUT2D eigenvalue weighted by Gasteiger charge is 2.25. The monoisotopic (exact) mass is 389 g/mol. The molecule has 0 aliphatic heterocycles. The van der Waals surface area contributed by atoms with Gasteiger partial charge in [-0.3, -0.25) is 9.59 Å². The molecular weight excluding hydrogens is 370 g/mol. The van der Waals surface area contributed by atoms with Crippen LogP contribution in [0.3, 0.4) is 0 Å². The number of rotatable bonds is 5. The van der Waals surface area contributed by atoms with Gasteiger partial charge in [-0.15, -0.1) is 0 Å². The molecule has 146 valence electrons. The molecule has 0 aliphatic rings. The minimum absolute atomic E-state index is 0.0145. The van der Waals surface area contributed by atoms with Crippen LogP contribution < -0.4 is 5.56 Å². The van der Waals surface area contributed by atoms with Gasteiger partial charge in [-0.1, -0.05) is 36.4 Å². The van der Waals surface area contributed by atoms with E-state index < -0.39 is 12.1 Å². The summed E-state index contributed by atoms with van der Waals surface area (Å²) in [5.74, 6) is -1.06. The summed E-state index contributed by atoms with van der Waals surface area (Å²) in [7, 11) is 0. The summed E-state index contributed by atoms with van der Waals surface area (Å²) in [6.07, 6.45) is 0.603. The lowest BCUT2D eigenvalue weighted by Gasteiger charge is -2.13. The normalized spacial score (nSPS) is 12.2. The molecule has 7 heteroatoms. The van der Waals surface area contributed by atoms with Crippen molar-refractivity contribution in [3.8, 4) is 0 Å². The zero-order valence-corrected chi connectivity index (χ0v) is 16.0. The number of hydrogen-bond acceptors (Lipinski definition) is 5. The number of fused-ring (bicyclic) bond motifs is 2. The lowest BCUT2D eigenvalue weighted by atomic mass is 10.1. The second kappa shape index (κ2) is 7.35. The molecule has 1 N–H and O–H groups in total. The molecule has 0 saturated carbocycles. The van der Waals surface area contributed by atoms with E-state index in [-0.39, 0.29) is 17.0 Å². The van der Waals surface area contributed by atoms with Crippen molar-refractivity contribution in [2.24, 2.45) is 0 Å². The fourth-order valence-electron chi connectivity index (χ4n) is 3.36. The molecule has 0 spiro atoms. The molecule has 2 aromatic heterocycles. The van der Waals surface area contributed by atoms with Gasteiger partial charge in [-0.2, -0.15) is 5.10 Å². The molecule has 0 bridgehead atoms. The minimum atomic E-state index is -1.01. The Bertz CT molecular complexity index is 1300. The largest absolute Gasteiger partial charge is 0.449 e.